The van der Waals surface area contributed by atoms with Crippen molar-refractivity contribution in [1.29, 1.82) is 0 Å². The summed E-state index contributed by atoms with van der Waals surface area (Å²) in [6, 6.07) is -1.23. The van der Waals surface area contributed by atoms with Crippen molar-refractivity contribution in [2.45, 2.75) is 44.4 Å². The standard InChI is InChI=1S/C10H18N2O4/c1-6(9(13)14)11-10(15)12-7-3-4-8(5-7)16-2/h6-8H,3-5H2,1-2H3,(H,13,14)(H2,11,12,15). The van der Waals surface area contributed by atoms with Crippen molar-refractivity contribution in [3.05, 3.63) is 0 Å². The fraction of sp³-hybridized carbons (Fsp3) is 0.800. The second kappa shape index (κ2) is 5.69. The Morgan fingerprint density at radius 1 is 1.44 bits per heavy atom. The summed E-state index contributed by atoms with van der Waals surface area (Å²) in [4.78, 5) is 21.9. The number of aliphatic carboxylic acids is 1. The van der Waals surface area contributed by atoms with Gasteiger partial charge in [0.05, 0.1) is 6.10 Å². The Bertz CT molecular complexity index is 270. The molecule has 92 valence electrons. The highest BCUT2D eigenvalue weighted by molar-refractivity contribution is 5.82. The number of carboxylic acids is 1. The molecular formula is C10H18N2O4. The zero-order valence-corrected chi connectivity index (χ0v) is 9.53. The van der Waals surface area contributed by atoms with Gasteiger partial charge >= 0.3 is 12.0 Å². The third-order valence-electron chi connectivity index (χ3n) is 2.77. The van der Waals surface area contributed by atoms with Crippen LogP contribution in [0.2, 0.25) is 0 Å². The van der Waals surface area contributed by atoms with Crippen molar-refractivity contribution < 1.29 is 19.4 Å². The number of rotatable bonds is 4. The molecular weight excluding hydrogens is 212 g/mol. The third kappa shape index (κ3) is 3.69. The highest BCUT2D eigenvalue weighted by atomic mass is 16.5. The monoisotopic (exact) mass is 230 g/mol. The number of nitrogens with one attached hydrogen (secondary N) is 2. The van der Waals surface area contributed by atoms with Gasteiger partial charge in [0.2, 0.25) is 0 Å². The minimum Gasteiger partial charge on any atom is -0.480 e. The van der Waals surface area contributed by atoms with E-state index in [1.807, 2.05) is 0 Å². The van der Waals surface area contributed by atoms with E-state index in [4.69, 9.17) is 9.84 Å². The molecule has 0 heterocycles. The van der Waals surface area contributed by atoms with Crippen LogP contribution in [0.15, 0.2) is 0 Å². The minimum absolute atomic E-state index is 0.0749. The van der Waals surface area contributed by atoms with Gasteiger partial charge in [-0.1, -0.05) is 0 Å². The van der Waals surface area contributed by atoms with Gasteiger partial charge in [-0.15, -0.1) is 0 Å². The lowest BCUT2D eigenvalue weighted by atomic mass is 10.2. The maximum atomic E-state index is 11.4. The Morgan fingerprint density at radius 2 is 2.12 bits per heavy atom. The van der Waals surface area contributed by atoms with Gasteiger partial charge in [0.1, 0.15) is 6.04 Å². The first-order valence-electron chi connectivity index (χ1n) is 5.35. The van der Waals surface area contributed by atoms with Gasteiger partial charge in [0, 0.05) is 13.2 Å². The van der Waals surface area contributed by atoms with Gasteiger partial charge in [-0.2, -0.15) is 0 Å². The molecule has 0 radical (unpaired) electrons. The molecule has 1 saturated carbocycles. The fourth-order valence-electron chi connectivity index (χ4n) is 1.77. The molecule has 0 aromatic heterocycles. The summed E-state index contributed by atoms with van der Waals surface area (Å²) in [7, 11) is 1.65. The summed E-state index contributed by atoms with van der Waals surface area (Å²) in [6.07, 6.45) is 2.77. The number of methoxy groups -OCH3 is 1. The van der Waals surface area contributed by atoms with E-state index in [-0.39, 0.29) is 12.1 Å². The maximum absolute atomic E-state index is 11.4. The smallest absolute Gasteiger partial charge is 0.325 e. The van der Waals surface area contributed by atoms with Crippen molar-refractivity contribution >= 4 is 12.0 Å². The first-order valence-corrected chi connectivity index (χ1v) is 5.35. The molecule has 3 N–H and O–H groups in total. The van der Waals surface area contributed by atoms with E-state index in [0.29, 0.717) is 0 Å². The van der Waals surface area contributed by atoms with Gasteiger partial charge in [0.25, 0.3) is 0 Å². The van der Waals surface area contributed by atoms with Gasteiger partial charge in [0.15, 0.2) is 0 Å². The minimum atomic E-state index is -1.05. The highest BCUT2D eigenvalue weighted by Gasteiger charge is 2.26. The second-order valence-corrected chi connectivity index (χ2v) is 4.05. The summed E-state index contributed by atoms with van der Waals surface area (Å²) in [6.45, 7) is 1.43. The predicted molar refractivity (Wildman–Crippen MR) is 57.2 cm³/mol. The highest BCUT2D eigenvalue weighted by Crippen LogP contribution is 2.21. The lowest BCUT2D eigenvalue weighted by Crippen LogP contribution is -2.47. The molecule has 0 bridgehead atoms. The van der Waals surface area contributed by atoms with E-state index in [1.165, 1.54) is 6.92 Å². The van der Waals surface area contributed by atoms with Gasteiger partial charge < -0.3 is 20.5 Å². The molecule has 3 atom stereocenters. The number of hydrogen-bond acceptors (Lipinski definition) is 3. The Kier molecular flexibility index (Phi) is 4.54. The average molecular weight is 230 g/mol. The van der Waals surface area contributed by atoms with Crippen molar-refractivity contribution in [3.8, 4) is 0 Å². The Hall–Kier alpha value is -1.30. The number of carbonyl (C=O) groups excluding carboxylic acids is 1. The molecule has 16 heavy (non-hydrogen) atoms. The van der Waals surface area contributed by atoms with E-state index in [1.54, 1.807) is 7.11 Å². The van der Waals surface area contributed by atoms with Gasteiger partial charge in [-0.25, -0.2) is 4.79 Å². The number of urea groups is 1. The van der Waals surface area contributed by atoms with Crippen LogP contribution in [-0.4, -0.2) is 42.4 Å². The van der Waals surface area contributed by atoms with E-state index < -0.39 is 18.0 Å². The largest absolute Gasteiger partial charge is 0.480 e. The van der Waals surface area contributed by atoms with Crippen molar-refractivity contribution in [1.82, 2.24) is 10.6 Å². The molecule has 0 aliphatic heterocycles. The van der Waals surface area contributed by atoms with E-state index in [2.05, 4.69) is 10.6 Å². The van der Waals surface area contributed by atoms with Crippen LogP contribution in [0.1, 0.15) is 26.2 Å². The molecule has 1 fully saturated rings. The number of hydrogen-bond donors (Lipinski definition) is 3. The zero-order valence-electron chi connectivity index (χ0n) is 9.53. The van der Waals surface area contributed by atoms with E-state index >= 15 is 0 Å². The average Bonchev–Trinajstić information content (AvgIpc) is 2.65. The molecule has 1 aliphatic rings. The molecule has 3 unspecified atom stereocenters. The number of carbonyl (C=O) groups is 2. The third-order valence-corrected chi connectivity index (χ3v) is 2.77. The maximum Gasteiger partial charge on any atom is 0.325 e. The fourth-order valence-corrected chi connectivity index (χ4v) is 1.77. The quantitative estimate of drug-likeness (QED) is 0.649. The van der Waals surface area contributed by atoms with Crippen molar-refractivity contribution in [2.75, 3.05) is 7.11 Å². The van der Waals surface area contributed by atoms with Crippen LogP contribution in [0.3, 0.4) is 0 Å². The van der Waals surface area contributed by atoms with Crippen LogP contribution in [0.4, 0.5) is 4.79 Å². The molecule has 1 aliphatic carbocycles. The summed E-state index contributed by atoms with van der Waals surface area (Å²) in [5, 5.41) is 13.7. The molecule has 0 aromatic carbocycles. The lowest BCUT2D eigenvalue weighted by Gasteiger charge is -2.15. The van der Waals surface area contributed by atoms with Crippen LogP contribution in [0.25, 0.3) is 0 Å². The predicted octanol–water partition coefficient (Wildman–Crippen LogP) is 0.326. The van der Waals surface area contributed by atoms with Gasteiger partial charge in [-0.3, -0.25) is 4.79 Å². The van der Waals surface area contributed by atoms with Crippen molar-refractivity contribution in [3.63, 3.8) is 0 Å². The molecule has 6 heteroatoms. The summed E-state index contributed by atoms with van der Waals surface area (Å²) in [5.74, 6) is -1.05. The van der Waals surface area contributed by atoms with Crippen LogP contribution >= 0.6 is 0 Å². The van der Waals surface area contributed by atoms with Gasteiger partial charge in [-0.05, 0) is 26.2 Å². The second-order valence-electron chi connectivity index (χ2n) is 4.05. The Labute approximate surface area is 94.3 Å². The Morgan fingerprint density at radius 3 is 2.62 bits per heavy atom. The molecule has 6 nitrogen and oxygen atoms in total. The van der Waals surface area contributed by atoms with E-state index in [9.17, 15) is 9.59 Å². The normalized spacial score (nSPS) is 26.1. The summed E-state index contributed by atoms with van der Waals surface area (Å²) in [5.41, 5.74) is 0. The van der Waals surface area contributed by atoms with Crippen molar-refractivity contribution in [2.24, 2.45) is 0 Å². The van der Waals surface area contributed by atoms with Crippen LogP contribution in [-0.2, 0) is 9.53 Å². The number of ether oxygens (including phenoxy) is 1. The Balaban J connectivity index is 2.27. The first-order chi connectivity index (χ1) is 7.52. The van der Waals surface area contributed by atoms with Crippen LogP contribution in [0, 0.1) is 0 Å². The number of amides is 2. The molecule has 0 spiro atoms. The molecule has 2 amide bonds. The first kappa shape index (κ1) is 12.8. The molecule has 0 saturated heterocycles. The lowest BCUT2D eigenvalue weighted by molar-refractivity contribution is -0.138. The molecule has 0 aromatic rings. The van der Waals surface area contributed by atoms with Crippen LogP contribution < -0.4 is 10.6 Å². The SMILES string of the molecule is COC1CCC(NC(=O)NC(C)C(=O)O)C1. The van der Waals surface area contributed by atoms with E-state index in [0.717, 1.165) is 19.3 Å². The molecule has 1 rings (SSSR count). The number of carboxylic acid groups (broad SMARTS) is 1. The summed E-state index contributed by atoms with van der Waals surface area (Å²) < 4.78 is 5.18. The summed E-state index contributed by atoms with van der Waals surface area (Å²) >= 11 is 0. The topological polar surface area (TPSA) is 87.7 Å². The van der Waals surface area contributed by atoms with Crippen LogP contribution in [0.5, 0.6) is 0 Å². The zero-order chi connectivity index (χ0) is 12.1.